The molecule has 4 aliphatic rings. The number of likely N-dealkylation sites (tertiary alicyclic amines) is 3. The van der Waals surface area contributed by atoms with Crippen LogP contribution in [0.2, 0.25) is 0 Å². The van der Waals surface area contributed by atoms with E-state index in [1.165, 1.54) is 12.1 Å². The molecular weight excluding hydrogens is 581 g/mol. The van der Waals surface area contributed by atoms with Gasteiger partial charge in [-0.15, -0.1) is 12.4 Å². The number of hydrogen-bond acceptors (Lipinski definition) is 4. The van der Waals surface area contributed by atoms with Gasteiger partial charge in [0.05, 0.1) is 29.1 Å². The number of aromatic nitrogens is 2. The third-order valence-electron chi connectivity index (χ3n) is 9.76. The van der Waals surface area contributed by atoms with Gasteiger partial charge in [0.2, 0.25) is 0 Å². The van der Waals surface area contributed by atoms with Gasteiger partial charge in [-0.05, 0) is 70.7 Å². The second kappa shape index (κ2) is 12.7. The van der Waals surface area contributed by atoms with E-state index in [-0.39, 0.29) is 54.3 Å². The van der Waals surface area contributed by atoms with E-state index in [1.807, 2.05) is 14.5 Å². The molecule has 1 aliphatic carbocycles. The summed E-state index contributed by atoms with van der Waals surface area (Å²) in [6.07, 6.45) is 3.33. The fraction of sp³-hybridized carbons (Fsp3) is 0.645. The lowest BCUT2D eigenvalue weighted by molar-refractivity contribution is -0.138. The minimum atomic E-state index is -4.42. The van der Waals surface area contributed by atoms with E-state index in [4.69, 9.17) is 5.10 Å². The molecule has 4 heterocycles. The molecule has 12 heteroatoms. The summed E-state index contributed by atoms with van der Waals surface area (Å²) in [6, 6.07) is 6.49. The maximum Gasteiger partial charge on any atom is 0.416 e. The maximum atomic E-state index is 13.7. The quantitative estimate of drug-likeness (QED) is 0.435. The summed E-state index contributed by atoms with van der Waals surface area (Å²) in [7, 11) is 4.19. The van der Waals surface area contributed by atoms with Crippen LogP contribution < -0.4 is 0 Å². The van der Waals surface area contributed by atoms with Crippen molar-refractivity contribution >= 4 is 24.3 Å². The van der Waals surface area contributed by atoms with Gasteiger partial charge in [-0.2, -0.15) is 18.3 Å². The van der Waals surface area contributed by atoms with Gasteiger partial charge in [-0.1, -0.05) is 18.2 Å². The predicted molar refractivity (Wildman–Crippen MR) is 160 cm³/mol. The Morgan fingerprint density at radius 2 is 1.44 bits per heavy atom. The summed E-state index contributed by atoms with van der Waals surface area (Å²) in [4.78, 5) is 34.8. The summed E-state index contributed by atoms with van der Waals surface area (Å²) in [5.74, 6) is -0.195. The highest BCUT2D eigenvalue weighted by Gasteiger charge is 2.40. The van der Waals surface area contributed by atoms with Crippen LogP contribution in [0.1, 0.15) is 90.0 Å². The van der Waals surface area contributed by atoms with Crippen LogP contribution in [0, 0.1) is 0 Å². The van der Waals surface area contributed by atoms with Gasteiger partial charge < -0.3 is 19.6 Å². The molecule has 8 nitrogen and oxygen atoms in total. The molecule has 236 valence electrons. The van der Waals surface area contributed by atoms with Crippen molar-refractivity contribution in [1.29, 1.82) is 0 Å². The first-order chi connectivity index (χ1) is 20.1. The number of rotatable bonds is 5. The number of amides is 3. The number of benzene rings is 1. The standard InChI is InChI=1S/C31H41F3N6O2.ClH/c1-36(2)23-10-15-37(16-11-23)30(42)38-17-12-24(13-18-38)40-28(21-7-8-21)26(19-35-40)29(41)39-14-9-22(20-39)25-5-3-4-6-27(25)31(32,33)34;/h3-6,19,21-24H,7-18,20H2,1-2H3;1H/t22-;/m1./s1. The molecule has 0 bridgehead atoms. The monoisotopic (exact) mass is 622 g/mol. The molecule has 3 saturated heterocycles. The number of piperidine rings is 2. The molecule has 43 heavy (non-hydrogen) atoms. The summed E-state index contributed by atoms with van der Waals surface area (Å²) in [6.45, 7) is 3.60. The summed E-state index contributed by atoms with van der Waals surface area (Å²) in [5, 5.41) is 4.70. The van der Waals surface area contributed by atoms with Crippen LogP contribution in [0.4, 0.5) is 18.0 Å². The van der Waals surface area contributed by atoms with E-state index in [0.717, 1.165) is 63.4 Å². The zero-order valence-electron chi connectivity index (χ0n) is 24.9. The number of nitrogens with zero attached hydrogens (tertiary/aromatic N) is 6. The highest BCUT2D eigenvalue weighted by molar-refractivity contribution is 5.95. The predicted octanol–water partition coefficient (Wildman–Crippen LogP) is 5.61. The molecule has 0 unspecified atom stereocenters. The average Bonchev–Trinajstić information content (AvgIpc) is 3.53. The van der Waals surface area contributed by atoms with Gasteiger partial charge in [0.1, 0.15) is 0 Å². The number of hydrogen-bond donors (Lipinski definition) is 0. The number of halogens is 4. The molecule has 3 aliphatic heterocycles. The zero-order chi connectivity index (χ0) is 29.6. The van der Waals surface area contributed by atoms with Gasteiger partial charge in [0, 0.05) is 57.1 Å². The third-order valence-corrected chi connectivity index (χ3v) is 9.76. The molecule has 1 aromatic heterocycles. The van der Waals surface area contributed by atoms with Crippen molar-refractivity contribution in [3.8, 4) is 0 Å². The van der Waals surface area contributed by atoms with Gasteiger partial charge >= 0.3 is 12.2 Å². The molecule has 6 rings (SSSR count). The van der Waals surface area contributed by atoms with E-state index in [9.17, 15) is 22.8 Å². The van der Waals surface area contributed by atoms with Crippen LogP contribution in [-0.2, 0) is 6.18 Å². The third kappa shape index (κ3) is 6.53. The minimum absolute atomic E-state index is 0. The molecular formula is C31H42ClF3N6O2. The molecule has 1 aromatic carbocycles. The van der Waals surface area contributed by atoms with E-state index < -0.39 is 11.7 Å². The lowest BCUT2D eigenvalue weighted by atomic mass is 9.93. The number of carbonyl (C=O) groups is 2. The molecule has 2 aromatic rings. The molecule has 0 N–H and O–H groups in total. The van der Waals surface area contributed by atoms with Crippen LogP contribution in [0.15, 0.2) is 30.5 Å². The van der Waals surface area contributed by atoms with E-state index in [1.54, 1.807) is 17.2 Å². The minimum Gasteiger partial charge on any atom is -0.338 e. The van der Waals surface area contributed by atoms with Crippen LogP contribution in [-0.4, -0.2) is 101 Å². The molecule has 1 saturated carbocycles. The fourth-order valence-corrected chi connectivity index (χ4v) is 7.15. The van der Waals surface area contributed by atoms with Crippen LogP contribution in [0.25, 0.3) is 0 Å². The van der Waals surface area contributed by atoms with Crippen molar-refractivity contribution in [2.75, 3.05) is 53.4 Å². The number of urea groups is 1. The fourth-order valence-electron chi connectivity index (χ4n) is 7.15. The zero-order valence-corrected chi connectivity index (χ0v) is 25.7. The highest BCUT2D eigenvalue weighted by atomic mass is 35.5. The normalized spacial score (nSPS) is 22.3. The van der Waals surface area contributed by atoms with E-state index >= 15 is 0 Å². The Kier molecular flexibility index (Phi) is 9.32. The largest absolute Gasteiger partial charge is 0.416 e. The molecule has 0 spiro atoms. The van der Waals surface area contributed by atoms with E-state index in [2.05, 4.69) is 19.0 Å². The molecule has 3 amide bonds. The molecule has 1 atom stereocenters. The average molecular weight is 623 g/mol. The number of carbonyl (C=O) groups excluding carboxylic acids is 2. The number of alkyl halides is 3. The Labute approximate surface area is 257 Å². The summed E-state index contributed by atoms with van der Waals surface area (Å²) in [5.41, 5.74) is 1.21. The van der Waals surface area contributed by atoms with Gasteiger partial charge in [-0.3, -0.25) is 9.48 Å². The Morgan fingerprint density at radius 3 is 2.05 bits per heavy atom. The first-order valence-electron chi connectivity index (χ1n) is 15.3. The van der Waals surface area contributed by atoms with Crippen molar-refractivity contribution in [3.05, 3.63) is 52.8 Å². The Bertz CT molecular complexity index is 1300. The van der Waals surface area contributed by atoms with Crippen LogP contribution in [0.3, 0.4) is 0 Å². The van der Waals surface area contributed by atoms with E-state index in [0.29, 0.717) is 37.7 Å². The lowest BCUT2D eigenvalue weighted by Crippen LogP contribution is -2.51. The second-order valence-corrected chi connectivity index (χ2v) is 12.7. The van der Waals surface area contributed by atoms with Crippen molar-refractivity contribution < 1.29 is 22.8 Å². The summed E-state index contributed by atoms with van der Waals surface area (Å²) < 4.78 is 42.9. The Hall–Kier alpha value is -2.79. The molecule has 0 radical (unpaired) electrons. The van der Waals surface area contributed by atoms with Crippen LogP contribution in [0.5, 0.6) is 0 Å². The van der Waals surface area contributed by atoms with Crippen molar-refractivity contribution in [2.45, 2.75) is 75.0 Å². The topological polar surface area (TPSA) is 64.9 Å². The maximum absolute atomic E-state index is 13.7. The first-order valence-corrected chi connectivity index (χ1v) is 15.3. The smallest absolute Gasteiger partial charge is 0.338 e. The van der Waals surface area contributed by atoms with Gasteiger partial charge in [0.25, 0.3) is 5.91 Å². The Balaban J connectivity index is 0.00000368. The highest BCUT2D eigenvalue weighted by Crippen LogP contribution is 2.44. The van der Waals surface area contributed by atoms with Crippen molar-refractivity contribution in [2.24, 2.45) is 0 Å². The van der Waals surface area contributed by atoms with Crippen LogP contribution >= 0.6 is 12.4 Å². The molecule has 4 fully saturated rings. The van der Waals surface area contributed by atoms with Gasteiger partial charge in [-0.25, -0.2) is 4.79 Å². The second-order valence-electron chi connectivity index (χ2n) is 12.7. The summed E-state index contributed by atoms with van der Waals surface area (Å²) >= 11 is 0. The Morgan fingerprint density at radius 1 is 0.837 bits per heavy atom. The van der Waals surface area contributed by atoms with Gasteiger partial charge in [0.15, 0.2) is 0 Å². The first kappa shape index (κ1) is 31.6. The lowest BCUT2D eigenvalue weighted by Gasteiger charge is -2.40. The van der Waals surface area contributed by atoms with Crippen molar-refractivity contribution in [1.82, 2.24) is 29.4 Å². The SMILES string of the molecule is CN(C)C1CCN(C(=O)N2CCC(n3ncc(C(=O)N4CC[C@@H](c5ccccc5C(F)(F)F)C4)c3C3CC3)CC2)CC1.Cl. The van der Waals surface area contributed by atoms with Crippen molar-refractivity contribution in [3.63, 3.8) is 0 Å².